The van der Waals surface area contributed by atoms with Gasteiger partial charge in [-0.15, -0.1) is 0 Å². The van der Waals surface area contributed by atoms with Gasteiger partial charge in [0, 0.05) is 24.4 Å². The fraction of sp³-hybridized carbons (Fsp3) is 1.00. The van der Waals surface area contributed by atoms with Gasteiger partial charge in [-0.05, 0) is 32.1 Å². The first-order chi connectivity index (χ1) is 6.75. The Balaban J connectivity index is 2.30. The number of likely N-dealkylation sites (tertiary alicyclic amines) is 1. The molecule has 1 aliphatic heterocycles. The van der Waals surface area contributed by atoms with Crippen LogP contribution in [0.5, 0.6) is 0 Å². The molecule has 0 bridgehead atoms. The minimum absolute atomic E-state index is 0.335. The van der Waals surface area contributed by atoms with Gasteiger partial charge in [0.1, 0.15) is 0 Å². The molecule has 0 aromatic heterocycles. The number of hydrogen-bond donors (Lipinski definition) is 1. The molecule has 0 aromatic carbocycles. The smallest absolute Gasteiger partial charge is 0.0244 e. The fourth-order valence-electron chi connectivity index (χ4n) is 2.22. The van der Waals surface area contributed by atoms with E-state index in [-0.39, 0.29) is 0 Å². The molecule has 1 heterocycles. The van der Waals surface area contributed by atoms with Crippen molar-refractivity contribution >= 4 is 11.8 Å². The standard InChI is InChI=1S/C11H24N2S/c1-3-14-9-8-13-7-5-4-6-11(13)10(2)12/h10-11H,3-9,12H2,1-2H3. The molecule has 14 heavy (non-hydrogen) atoms. The Morgan fingerprint density at radius 3 is 2.93 bits per heavy atom. The molecular weight excluding hydrogens is 192 g/mol. The average molecular weight is 216 g/mol. The van der Waals surface area contributed by atoms with E-state index < -0.39 is 0 Å². The Morgan fingerprint density at radius 1 is 1.50 bits per heavy atom. The third-order valence-electron chi connectivity index (χ3n) is 3.00. The molecule has 2 unspecified atom stereocenters. The van der Waals surface area contributed by atoms with Crippen molar-refractivity contribution in [3.8, 4) is 0 Å². The third kappa shape index (κ3) is 3.79. The minimum atomic E-state index is 0.335. The average Bonchev–Trinajstić information content (AvgIpc) is 2.19. The van der Waals surface area contributed by atoms with Crippen LogP contribution in [-0.2, 0) is 0 Å². The van der Waals surface area contributed by atoms with Gasteiger partial charge in [-0.25, -0.2) is 0 Å². The molecular formula is C11H24N2S. The lowest BCUT2D eigenvalue weighted by Gasteiger charge is -2.37. The summed E-state index contributed by atoms with van der Waals surface area (Å²) >= 11 is 2.03. The van der Waals surface area contributed by atoms with Crippen molar-refractivity contribution in [3.63, 3.8) is 0 Å². The summed E-state index contributed by atoms with van der Waals surface area (Å²) in [6, 6.07) is 0.975. The first kappa shape index (κ1) is 12.3. The quantitative estimate of drug-likeness (QED) is 0.712. The highest BCUT2D eigenvalue weighted by Gasteiger charge is 2.24. The van der Waals surface area contributed by atoms with Crippen LogP contribution < -0.4 is 5.73 Å². The van der Waals surface area contributed by atoms with Gasteiger partial charge in [0.05, 0.1) is 0 Å². The highest BCUT2D eigenvalue weighted by atomic mass is 32.2. The summed E-state index contributed by atoms with van der Waals surface area (Å²) in [6.07, 6.45) is 4.03. The van der Waals surface area contributed by atoms with Crippen LogP contribution in [-0.4, -0.2) is 41.6 Å². The summed E-state index contributed by atoms with van der Waals surface area (Å²) in [7, 11) is 0. The maximum absolute atomic E-state index is 6.01. The van der Waals surface area contributed by atoms with Crippen LogP contribution in [0.4, 0.5) is 0 Å². The zero-order valence-electron chi connectivity index (χ0n) is 9.54. The first-order valence-corrected chi connectivity index (χ1v) is 6.98. The van der Waals surface area contributed by atoms with Crippen LogP contribution in [0.25, 0.3) is 0 Å². The predicted octanol–water partition coefficient (Wildman–Crippen LogP) is 1.94. The SMILES string of the molecule is CCSCCN1CCCCC1C(C)N. The Morgan fingerprint density at radius 2 is 2.29 bits per heavy atom. The molecule has 2 N–H and O–H groups in total. The fourth-order valence-corrected chi connectivity index (χ4v) is 2.87. The summed E-state index contributed by atoms with van der Waals surface area (Å²) in [6.45, 7) is 6.86. The third-order valence-corrected chi connectivity index (χ3v) is 3.88. The molecule has 1 rings (SSSR count). The number of piperidine rings is 1. The molecule has 0 spiro atoms. The van der Waals surface area contributed by atoms with Crippen LogP contribution in [0.15, 0.2) is 0 Å². The van der Waals surface area contributed by atoms with Crippen molar-refractivity contribution < 1.29 is 0 Å². The largest absolute Gasteiger partial charge is 0.327 e. The van der Waals surface area contributed by atoms with Gasteiger partial charge >= 0.3 is 0 Å². The van der Waals surface area contributed by atoms with E-state index in [1.54, 1.807) is 0 Å². The van der Waals surface area contributed by atoms with Crippen molar-refractivity contribution in [3.05, 3.63) is 0 Å². The van der Waals surface area contributed by atoms with Gasteiger partial charge in [0.2, 0.25) is 0 Å². The summed E-state index contributed by atoms with van der Waals surface area (Å²) in [4.78, 5) is 2.59. The number of hydrogen-bond acceptors (Lipinski definition) is 3. The second kappa shape index (κ2) is 6.70. The molecule has 3 heteroatoms. The van der Waals surface area contributed by atoms with Crippen LogP contribution in [0.2, 0.25) is 0 Å². The van der Waals surface area contributed by atoms with Gasteiger partial charge in [-0.3, -0.25) is 4.90 Å². The maximum atomic E-state index is 6.01. The van der Waals surface area contributed by atoms with Gasteiger partial charge < -0.3 is 5.73 Å². The van der Waals surface area contributed by atoms with E-state index in [2.05, 4.69) is 18.7 Å². The van der Waals surface area contributed by atoms with Crippen molar-refractivity contribution in [2.24, 2.45) is 5.73 Å². The number of nitrogens with two attached hydrogens (primary N) is 1. The summed E-state index contributed by atoms with van der Waals surface area (Å²) in [5.74, 6) is 2.50. The zero-order chi connectivity index (χ0) is 10.4. The van der Waals surface area contributed by atoms with Gasteiger partial charge in [0.25, 0.3) is 0 Å². The maximum Gasteiger partial charge on any atom is 0.0244 e. The van der Waals surface area contributed by atoms with Crippen molar-refractivity contribution in [1.29, 1.82) is 0 Å². The van der Waals surface area contributed by atoms with Crippen LogP contribution in [0.3, 0.4) is 0 Å². The molecule has 1 aliphatic rings. The Bertz CT molecular complexity index is 150. The molecule has 0 saturated carbocycles. The second-order valence-corrected chi connectivity index (χ2v) is 5.55. The first-order valence-electron chi connectivity index (χ1n) is 5.83. The summed E-state index contributed by atoms with van der Waals surface area (Å²) in [5, 5.41) is 0. The summed E-state index contributed by atoms with van der Waals surface area (Å²) < 4.78 is 0. The number of thioether (sulfide) groups is 1. The van der Waals surface area contributed by atoms with E-state index >= 15 is 0 Å². The van der Waals surface area contributed by atoms with Gasteiger partial charge in [0.15, 0.2) is 0 Å². The Kier molecular flexibility index (Phi) is 5.90. The molecule has 84 valence electrons. The van der Waals surface area contributed by atoms with Crippen molar-refractivity contribution in [2.45, 2.75) is 45.2 Å². The van der Waals surface area contributed by atoms with E-state index in [0.29, 0.717) is 12.1 Å². The molecule has 0 aromatic rings. The molecule has 2 atom stereocenters. The van der Waals surface area contributed by atoms with E-state index in [0.717, 1.165) is 0 Å². The van der Waals surface area contributed by atoms with Crippen molar-refractivity contribution in [2.75, 3.05) is 24.6 Å². The molecule has 2 nitrogen and oxygen atoms in total. The highest BCUT2D eigenvalue weighted by molar-refractivity contribution is 7.99. The van der Waals surface area contributed by atoms with Gasteiger partial charge in [-0.1, -0.05) is 13.3 Å². The Labute approximate surface area is 92.6 Å². The molecule has 0 aliphatic carbocycles. The van der Waals surface area contributed by atoms with Gasteiger partial charge in [-0.2, -0.15) is 11.8 Å². The summed E-state index contributed by atoms with van der Waals surface area (Å²) in [5.41, 5.74) is 6.01. The van der Waals surface area contributed by atoms with E-state index in [9.17, 15) is 0 Å². The zero-order valence-corrected chi connectivity index (χ0v) is 10.4. The lowest BCUT2D eigenvalue weighted by molar-refractivity contribution is 0.139. The lowest BCUT2D eigenvalue weighted by Crippen LogP contribution is -2.49. The topological polar surface area (TPSA) is 29.3 Å². The minimum Gasteiger partial charge on any atom is -0.327 e. The second-order valence-electron chi connectivity index (χ2n) is 4.16. The molecule has 1 saturated heterocycles. The van der Waals surface area contributed by atoms with Crippen molar-refractivity contribution in [1.82, 2.24) is 4.90 Å². The molecule has 1 fully saturated rings. The van der Waals surface area contributed by atoms with E-state index in [4.69, 9.17) is 5.73 Å². The molecule has 0 radical (unpaired) electrons. The van der Waals surface area contributed by atoms with E-state index in [1.807, 2.05) is 11.8 Å². The normalized spacial score (nSPS) is 26.4. The Hall–Kier alpha value is 0.270. The number of rotatable bonds is 5. The van der Waals surface area contributed by atoms with E-state index in [1.165, 1.54) is 43.9 Å². The van der Waals surface area contributed by atoms with Crippen LogP contribution in [0.1, 0.15) is 33.1 Å². The lowest BCUT2D eigenvalue weighted by atomic mass is 9.97. The molecule has 0 amide bonds. The highest BCUT2D eigenvalue weighted by Crippen LogP contribution is 2.19. The number of nitrogens with zero attached hydrogens (tertiary/aromatic N) is 1. The van der Waals surface area contributed by atoms with Crippen LogP contribution >= 0.6 is 11.8 Å². The monoisotopic (exact) mass is 216 g/mol. The predicted molar refractivity (Wildman–Crippen MR) is 65.9 cm³/mol. The van der Waals surface area contributed by atoms with Crippen LogP contribution in [0, 0.1) is 0 Å².